The topological polar surface area (TPSA) is 67.4 Å². The van der Waals surface area contributed by atoms with Crippen LogP contribution in [0, 0.1) is 0 Å². The Hall–Kier alpha value is -2.93. The largest absolute Gasteiger partial charge is 0.415 e. The van der Waals surface area contributed by atoms with Crippen molar-refractivity contribution in [3.63, 3.8) is 0 Å². The van der Waals surface area contributed by atoms with Crippen LogP contribution < -0.4 is 0 Å². The number of aromatic nitrogens is 3. The Morgan fingerprint density at radius 2 is 1.74 bits per heavy atom. The standard InChI is InChI=1S/C20H23N5O2/c1-2-23-11-13-24(14-12-23)18(26)15-25-10-6-9-17(25)20-22-21-19(27-20)16-7-4-3-5-8-16/h3-10H,2,11-15H2,1H3. The van der Waals surface area contributed by atoms with E-state index in [9.17, 15) is 4.79 Å². The van der Waals surface area contributed by atoms with Crippen molar-refractivity contribution in [2.45, 2.75) is 13.5 Å². The lowest BCUT2D eigenvalue weighted by Gasteiger charge is -2.34. The van der Waals surface area contributed by atoms with Crippen molar-refractivity contribution >= 4 is 5.91 Å². The highest BCUT2D eigenvalue weighted by Gasteiger charge is 2.22. The van der Waals surface area contributed by atoms with E-state index in [4.69, 9.17) is 4.42 Å². The number of likely N-dealkylation sites (N-methyl/N-ethyl adjacent to an activating group) is 1. The average molecular weight is 365 g/mol. The molecule has 0 radical (unpaired) electrons. The molecule has 7 nitrogen and oxygen atoms in total. The first-order valence-corrected chi connectivity index (χ1v) is 9.29. The van der Waals surface area contributed by atoms with Crippen LogP contribution in [0.15, 0.2) is 53.1 Å². The van der Waals surface area contributed by atoms with Gasteiger partial charge < -0.3 is 18.8 Å². The van der Waals surface area contributed by atoms with Crippen LogP contribution in [-0.4, -0.2) is 63.2 Å². The van der Waals surface area contributed by atoms with Gasteiger partial charge in [-0.1, -0.05) is 25.1 Å². The second-order valence-corrected chi connectivity index (χ2v) is 6.61. The molecule has 1 aliphatic heterocycles. The van der Waals surface area contributed by atoms with E-state index < -0.39 is 0 Å². The minimum absolute atomic E-state index is 0.117. The summed E-state index contributed by atoms with van der Waals surface area (Å²) in [6.45, 7) is 6.89. The monoisotopic (exact) mass is 365 g/mol. The highest BCUT2D eigenvalue weighted by Crippen LogP contribution is 2.24. The van der Waals surface area contributed by atoms with Crippen molar-refractivity contribution in [1.29, 1.82) is 0 Å². The maximum absolute atomic E-state index is 12.7. The van der Waals surface area contributed by atoms with Crippen molar-refractivity contribution in [1.82, 2.24) is 24.6 Å². The van der Waals surface area contributed by atoms with Crippen molar-refractivity contribution in [2.24, 2.45) is 0 Å². The van der Waals surface area contributed by atoms with E-state index in [2.05, 4.69) is 22.0 Å². The van der Waals surface area contributed by atoms with Gasteiger partial charge in [0.2, 0.25) is 11.8 Å². The summed E-state index contributed by atoms with van der Waals surface area (Å²) >= 11 is 0. The van der Waals surface area contributed by atoms with E-state index in [1.807, 2.05) is 58.1 Å². The number of nitrogens with zero attached hydrogens (tertiary/aromatic N) is 5. The number of carbonyl (C=O) groups is 1. The second-order valence-electron chi connectivity index (χ2n) is 6.61. The summed E-state index contributed by atoms with van der Waals surface area (Å²) in [5.41, 5.74) is 1.63. The fraction of sp³-hybridized carbons (Fsp3) is 0.350. The first kappa shape index (κ1) is 17.5. The number of rotatable bonds is 5. The van der Waals surface area contributed by atoms with Crippen molar-refractivity contribution in [3.05, 3.63) is 48.7 Å². The fourth-order valence-corrected chi connectivity index (χ4v) is 3.33. The van der Waals surface area contributed by atoms with Gasteiger partial charge in [0.15, 0.2) is 0 Å². The molecular weight excluding hydrogens is 342 g/mol. The van der Waals surface area contributed by atoms with E-state index in [1.54, 1.807) is 0 Å². The van der Waals surface area contributed by atoms with Crippen LogP contribution in [0.25, 0.3) is 23.0 Å². The van der Waals surface area contributed by atoms with Crippen LogP contribution in [0.2, 0.25) is 0 Å². The van der Waals surface area contributed by atoms with Gasteiger partial charge in [0.1, 0.15) is 12.2 Å². The fourth-order valence-electron chi connectivity index (χ4n) is 3.33. The Bertz CT molecular complexity index is 894. The number of hydrogen-bond donors (Lipinski definition) is 0. The van der Waals surface area contributed by atoms with E-state index in [-0.39, 0.29) is 12.5 Å². The van der Waals surface area contributed by atoms with Crippen LogP contribution >= 0.6 is 0 Å². The quantitative estimate of drug-likeness (QED) is 0.694. The third-order valence-corrected chi connectivity index (χ3v) is 4.97. The molecule has 1 aliphatic rings. The molecule has 1 fully saturated rings. The molecule has 0 spiro atoms. The highest BCUT2D eigenvalue weighted by atomic mass is 16.4. The smallest absolute Gasteiger partial charge is 0.264 e. The van der Waals surface area contributed by atoms with Gasteiger partial charge >= 0.3 is 0 Å². The Labute approximate surface area is 158 Å². The SMILES string of the molecule is CCN1CCN(C(=O)Cn2cccc2-c2nnc(-c3ccccc3)o2)CC1. The number of carbonyl (C=O) groups excluding carboxylic acids is 1. The highest BCUT2D eigenvalue weighted by molar-refractivity contribution is 5.77. The second kappa shape index (κ2) is 7.75. The Balaban J connectivity index is 1.47. The van der Waals surface area contributed by atoms with Crippen LogP contribution in [0.3, 0.4) is 0 Å². The normalized spacial score (nSPS) is 15.2. The lowest BCUT2D eigenvalue weighted by Crippen LogP contribution is -2.49. The van der Waals surface area contributed by atoms with Gasteiger partial charge in [0, 0.05) is 37.9 Å². The summed E-state index contributed by atoms with van der Waals surface area (Å²) in [6, 6.07) is 13.4. The summed E-state index contributed by atoms with van der Waals surface area (Å²) in [7, 11) is 0. The molecule has 27 heavy (non-hydrogen) atoms. The van der Waals surface area contributed by atoms with Gasteiger partial charge in [0.25, 0.3) is 5.89 Å². The molecule has 0 saturated carbocycles. The zero-order chi connectivity index (χ0) is 18.6. The predicted molar refractivity (Wildman–Crippen MR) is 102 cm³/mol. The molecule has 1 amide bonds. The van der Waals surface area contributed by atoms with E-state index in [0.29, 0.717) is 11.8 Å². The van der Waals surface area contributed by atoms with E-state index in [1.165, 1.54) is 0 Å². The van der Waals surface area contributed by atoms with E-state index >= 15 is 0 Å². The molecular formula is C20H23N5O2. The minimum Gasteiger partial charge on any atom is -0.415 e. The number of amides is 1. The van der Waals surface area contributed by atoms with Gasteiger partial charge in [-0.2, -0.15) is 0 Å². The Kier molecular flexibility index (Phi) is 5.02. The molecule has 1 saturated heterocycles. The molecule has 0 unspecified atom stereocenters. The summed E-state index contributed by atoms with van der Waals surface area (Å²) in [5.74, 6) is 1.01. The number of benzene rings is 1. The van der Waals surface area contributed by atoms with Crippen LogP contribution in [0.5, 0.6) is 0 Å². The molecule has 3 heterocycles. The van der Waals surface area contributed by atoms with Gasteiger partial charge in [-0.05, 0) is 30.8 Å². The summed E-state index contributed by atoms with van der Waals surface area (Å²) < 4.78 is 7.71. The first-order valence-electron chi connectivity index (χ1n) is 9.29. The third-order valence-electron chi connectivity index (χ3n) is 4.97. The van der Waals surface area contributed by atoms with Crippen molar-refractivity contribution in [2.75, 3.05) is 32.7 Å². The van der Waals surface area contributed by atoms with Gasteiger partial charge in [-0.25, -0.2) is 0 Å². The zero-order valence-corrected chi connectivity index (χ0v) is 15.4. The van der Waals surface area contributed by atoms with Crippen LogP contribution in [0.4, 0.5) is 0 Å². The predicted octanol–water partition coefficient (Wildman–Crippen LogP) is 2.37. The Morgan fingerprint density at radius 3 is 2.48 bits per heavy atom. The first-order chi connectivity index (χ1) is 13.2. The molecule has 0 atom stereocenters. The molecule has 0 aliphatic carbocycles. The molecule has 3 aromatic rings. The summed E-state index contributed by atoms with van der Waals surface area (Å²) in [4.78, 5) is 17.0. The van der Waals surface area contributed by atoms with Gasteiger partial charge in [0.05, 0.1) is 0 Å². The van der Waals surface area contributed by atoms with Crippen molar-refractivity contribution in [3.8, 4) is 23.0 Å². The minimum atomic E-state index is 0.117. The maximum atomic E-state index is 12.7. The van der Waals surface area contributed by atoms with Gasteiger partial charge in [-0.3, -0.25) is 4.79 Å². The molecule has 1 aromatic carbocycles. The average Bonchev–Trinajstić information content (AvgIpc) is 3.38. The molecule has 7 heteroatoms. The zero-order valence-electron chi connectivity index (χ0n) is 15.4. The lowest BCUT2D eigenvalue weighted by atomic mass is 10.2. The summed E-state index contributed by atoms with van der Waals surface area (Å²) in [6.07, 6.45) is 1.88. The molecule has 0 bridgehead atoms. The molecule has 0 N–H and O–H groups in total. The maximum Gasteiger partial charge on any atom is 0.264 e. The van der Waals surface area contributed by atoms with Crippen LogP contribution in [-0.2, 0) is 11.3 Å². The van der Waals surface area contributed by atoms with Crippen molar-refractivity contribution < 1.29 is 9.21 Å². The summed E-state index contributed by atoms with van der Waals surface area (Å²) in [5, 5.41) is 8.31. The van der Waals surface area contributed by atoms with Crippen LogP contribution in [0.1, 0.15) is 6.92 Å². The molecule has 140 valence electrons. The molecule has 2 aromatic heterocycles. The number of piperazine rings is 1. The number of hydrogen-bond acceptors (Lipinski definition) is 5. The van der Waals surface area contributed by atoms with E-state index in [0.717, 1.165) is 44.0 Å². The van der Waals surface area contributed by atoms with Gasteiger partial charge in [-0.15, -0.1) is 10.2 Å². The lowest BCUT2D eigenvalue weighted by molar-refractivity contribution is -0.133. The Morgan fingerprint density at radius 1 is 1.00 bits per heavy atom. The molecule has 4 rings (SSSR count). The third kappa shape index (κ3) is 3.78.